The normalized spacial score (nSPS) is 41.5. The molecule has 0 aromatic heterocycles. The zero-order valence-electron chi connectivity index (χ0n) is 26.2. The van der Waals surface area contributed by atoms with Gasteiger partial charge in [0.1, 0.15) is 11.9 Å². The van der Waals surface area contributed by atoms with Crippen molar-refractivity contribution in [3.63, 3.8) is 0 Å². The number of nitrogens with one attached hydrogen (secondary N) is 1. The standard InChI is InChI=1S/C34H47NO8S/c1-6-31(4)16-25(32(5)19(2)10-12-34(20(3)29(31)40)13-11-24(37)28(32)34)43-26(38)17-44-18-33(42)14-21(15-33)35-30(41)22-8-7-9-23(36)27(22)39/h6-9,19-21,25,28-29,36,39-40,42H,1,10-18H2,2-5H3,(H,35,41)/t19?,20-,21?,25+,28?,29-,31+,32-,33?,34-/m0/s1. The zero-order valence-corrected chi connectivity index (χ0v) is 27.0. The predicted molar refractivity (Wildman–Crippen MR) is 167 cm³/mol. The Labute approximate surface area is 263 Å². The quantitative estimate of drug-likeness (QED) is 0.160. The number of aliphatic hydroxyl groups excluding tert-OH is 1. The highest BCUT2D eigenvalue weighted by atomic mass is 32.2. The number of rotatable bonds is 8. The summed E-state index contributed by atoms with van der Waals surface area (Å²) in [6, 6.07) is 3.85. The molecular weight excluding hydrogens is 582 g/mol. The molecule has 0 spiro atoms. The second-order valence-corrected chi connectivity index (χ2v) is 15.5. The van der Waals surface area contributed by atoms with Crippen LogP contribution in [0.2, 0.25) is 0 Å². The van der Waals surface area contributed by atoms with Crippen LogP contribution in [0.5, 0.6) is 11.5 Å². The van der Waals surface area contributed by atoms with Crippen molar-refractivity contribution in [3.05, 3.63) is 36.4 Å². The third-order valence-electron chi connectivity index (χ3n) is 12.0. The molecule has 9 nitrogen and oxygen atoms in total. The minimum atomic E-state index is -1.06. The number of benzene rings is 1. The van der Waals surface area contributed by atoms with Gasteiger partial charge in [0.15, 0.2) is 11.5 Å². The van der Waals surface area contributed by atoms with Crippen LogP contribution in [0.4, 0.5) is 0 Å². The molecule has 44 heavy (non-hydrogen) atoms. The lowest BCUT2D eigenvalue weighted by Gasteiger charge is -2.61. The Kier molecular flexibility index (Phi) is 8.70. The lowest BCUT2D eigenvalue weighted by Crippen LogP contribution is -2.63. The van der Waals surface area contributed by atoms with Crippen LogP contribution in [-0.4, -0.2) is 73.4 Å². The molecule has 1 aromatic rings. The average Bonchev–Trinajstić information content (AvgIpc) is 3.32. The minimum Gasteiger partial charge on any atom is -0.504 e. The van der Waals surface area contributed by atoms with Crippen LogP contribution in [0, 0.1) is 34.0 Å². The van der Waals surface area contributed by atoms with Crippen LogP contribution >= 0.6 is 11.8 Å². The predicted octanol–water partition coefficient (Wildman–Crippen LogP) is 4.36. The first-order valence-electron chi connectivity index (χ1n) is 15.8. The molecule has 4 saturated carbocycles. The number of thioether (sulfide) groups is 1. The molecule has 0 radical (unpaired) electrons. The number of ketones is 1. The molecular formula is C34H47NO8S. The Bertz CT molecular complexity index is 1330. The molecule has 5 rings (SSSR count). The topological polar surface area (TPSA) is 153 Å². The number of aromatic hydroxyl groups is 2. The van der Waals surface area contributed by atoms with Gasteiger partial charge in [-0.15, -0.1) is 18.3 Å². The van der Waals surface area contributed by atoms with Crippen molar-refractivity contribution < 1.29 is 39.5 Å². The molecule has 2 bridgehead atoms. The van der Waals surface area contributed by atoms with Crippen molar-refractivity contribution in [1.29, 1.82) is 0 Å². The summed E-state index contributed by atoms with van der Waals surface area (Å²) in [7, 11) is 0. The molecule has 0 heterocycles. The van der Waals surface area contributed by atoms with E-state index in [0.717, 1.165) is 19.3 Å². The van der Waals surface area contributed by atoms with Crippen LogP contribution in [-0.2, 0) is 14.3 Å². The van der Waals surface area contributed by atoms with E-state index >= 15 is 0 Å². The van der Waals surface area contributed by atoms with Gasteiger partial charge in [0.05, 0.1) is 23.0 Å². The SMILES string of the molecule is C=C[C@]1(C)C[C@@H](OC(=O)CSCC2(O)CC(NC(=O)c3cccc(O)c3O)C2)[C@]2(C)C(C)CC[C@]3(CCC(=O)C32)[C@@H](C)[C@@H]1O. The van der Waals surface area contributed by atoms with E-state index in [4.69, 9.17) is 4.74 Å². The first kappa shape index (κ1) is 32.8. The van der Waals surface area contributed by atoms with Gasteiger partial charge < -0.3 is 30.5 Å². The minimum absolute atomic E-state index is 0.0188. The fraction of sp³-hybridized carbons (Fsp3) is 0.676. The number of carbonyl (C=O) groups excluding carboxylic acids is 3. The maximum Gasteiger partial charge on any atom is 0.316 e. The van der Waals surface area contributed by atoms with Crippen molar-refractivity contribution in [1.82, 2.24) is 5.32 Å². The zero-order chi connectivity index (χ0) is 32.2. The molecule has 5 N–H and O–H groups in total. The number of hydrogen-bond donors (Lipinski definition) is 5. The molecule has 1 aromatic carbocycles. The average molecular weight is 630 g/mol. The molecule has 1 amide bonds. The highest BCUT2D eigenvalue weighted by Gasteiger charge is 2.68. The number of ether oxygens (including phenoxy) is 1. The lowest BCUT2D eigenvalue weighted by molar-refractivity contribution is -0.205. The Morgan fingerprint density at radius 1 is 1.16 bits per heavy atom. The third-order valence-corrected chi connectivity index (χ3v) is 13.2. The summed E-state index contributed by atoms with van der Waals surface area (Å²) in [5, 5.41) is 45.0. The summed E-state index contributed by atoms with van der Waals surface area (Å²) in [6.07, 6.45) is 4.44. The summed E-state index contributed by atoms with van der Waals surface area (Å²) in [6.45, 7) is 12.4. The third kappa shape index (κ3) is 5.34. The van der Waals surface area contributed by atoms with E-state index in [9.17, 15) is 34.8 Å². The van der Waals surface area contributed by atoms with Crippen molar-refractivity contribution in [2.75, 3.05) is 11.5 Å². The Morgan fingerprint density at radius 3 is 2.55 bits per heavy atom. The van der Waals surface area contributed by atoms with Crippen LogP contribution in [0.15, 0.2) is 30.9 Å². The summed E-state index contributed by atoms with van der Waals surface area (Å²) < 4.78 is 6.28. The molecule has 8 atom stereocenters. The highest BCUT2D eigenvalue weighted by Crippen LogP contribution is 2.68. The van der Waals surface area contributed by atoms with Gasteiger partial charge in [-0.1, -0.05) is 39.8 Å². The number of para-hydroxylation sites is 1. The van der Waals surface area contributed by atoms with Gasteiger partial charge in [-0.2, -0.15) is 0 Å². The number of esters is 1. The summed E-state index contributed by atoms with van der Waals surface area (Å²) in [5.74, 6) is -1.56. The van der Waals surface area contributed by atoms with Crippen molar-refractivity contribution in [3.8, 4) is 11.5 Å². The van der Waals surface area contributed by atoms with E-state index in [2.05, 4.69) is 32.7 Å². The number of phenolic OH excluding ortho intramolecular Hbond substituents is 2. The fourth-order valence-corrected chi connectivity index (χ4v) is 10.0. The molecule has 0 aliphatic heterocycles. The second-order valence-electron chi connectivity index (χ2n) is 14.5. The Hall–Kier alpha value is -2.56. The monoisotopic (exact) mass is 629 g/mol. The van der Waals surface area contributed by atoms with Gasteiger partial charge in [-0.05, 0) is 67.9 Å². The smallest absolute Gasteiger partial charge is 0.316 e. The maximum absolute atomic E-state index is 13.6. The molecule has 2 unspecified atom stereocenters. The molecule has 4 aliphatic rings. The molecule has 10 heteroatoms. The van der Waals surface area contributed by atoms with Gasteiger partial charge >= 0.3 is 5.97 Å². The molecule has 4 fully saturated rings. The summed E-state index contributed by atoms with van der Waals surface area (Å²) >= 11 is 1.27. The van der Waals surface area contributed by atoms with Crippen LogP contribution in [0.25, 0.3) is 0 Å². The molecule has 242 valence electrons. The number of Topliss-reactive ketones (excluding diaryl/α,β-unsaturated/α-hetero) is 1. The first-order chi connectivity index (χ1) is 20.6. The maximum atomic E-state index is 13.6. The van der Waals surface area contributed by atoms with Gasteiger partial charge in [0.25, 0.3) is 5.91 Å². The number of amides is 1. The molecule has 4 aliphatic carbocycles. The second kappa shape index (κ2) is 11.7. The van der Waals surface area contributed by atoms with Crippen LogP contribution in [0.3, 0.4) is 0 Å². The first-order valence-corrected chi connectivity index (χ1v) is 16.9. The van der Waals surface area contributed by atoms with E-state index in [0.29, 0.717) is 12.8 Å². The van der Waals surface area contributed by atoms with Crippen LogP contribution < -0.4 is 5.32 Å². The van der Waals surface area contributed by atoms with Crippen molar-refractivity contribution in [2.45, 2.75) is 96.5 Å². The largest absolute Gasteiger partial charge is 0.504 e. The van der Waals surface area contributed by atoms with E-state index in [1.807, 2.05) is 6.92 Å². The van der Waals surface area contributed by atoms with Gasteiger partial charge in [-0.25, -0.2) is 0 Å². The Morgan fingerprint density at radius 2 is 1.86 bits per heavy atom. The van der Waals surface area contributed by atoms with Crippen LogP contribution in [0.1, 0.15) is 83.0 Å². The van der Waals surface area contributed by atoms with Gasteiger partial charge in [0, 0.05) is 35.0 Å². The lowest BCUT2D eigenvalue weighted by atomic mass is 9.44. The van der Waals surface area contributed by atoms with Gasteiger partial charge in [0.2, 0.25) is 0 Å². The van der Waals surface area contributed by atoms with E-state index in [1.165, 1.54) is 30.0 Å². The number of phenols is 2. The molecule has 0 saturated heterocycles. The Balaban J connectivity index is 1.22. The van der Waals surface area contributed by atoms with E-state index in [-0.39, 0.29) is 70.7 Å². The number of aliphatic hydroxyl groups is 2. The van der Waals surface area contributed by atoms with Gasteiger partial charge in [-0.3, -0.25) is 14.4 Å². The number of hydrogen-bond acceptors (Lipinski definition) is 9. The fourth-order valence-electron chi connectivity index (χ4n) is 9.07. The summed E-state index contributed by atoms with van der Waals surface area (Å²) in [5.41, 5.74) is -2.72. The van der Waals surface area contributed by atoms with Crippen molar-refractivity contribution >= 4 is 29.4 Å². The summed E-state index contributed by atoms with van der Waals surface area (Å²) in [4.78, 5) is 39.4. The number of carbonyl (C=O) groups is 3. The van der Waals surface area contributed by atoms with Crippen molar-refractivity contribution in [2.24, 2.45) is 34.0 Å². The van der Waals surface area contributed by atoms with E-state index in [1.54, 1.807) is 6.08 Å². The van der Waals surface area contributed by atoms with E-state index < -0.39 is 46.3 Å². The highest BCUT2D eigenvalue weighted by molar-refractivity contribution is 8.00.